The van der Waals surface area contributed by atoms with E-state index in [1.54, 1.807) is 12.1 Å². The van der Waals surface area contributed by atoms with Gasteiger partial charge in [-0.2, -0.15) is 8.42 Å². The molecule has 0 spiro atoms. The van der Waals surface area contributed by atoms with E-state index in [0.717, 1.165) is 12.7 Å². The lowest BCUT2D eigenvalue weighted by atomic mass is 10.2. The highest BCUT2D eigenvalue weighted by molar-refractivity contribution is 7.85. The molecule has 1 aromatic carbocycles. The van der Waals surface area contributed by atoms with Gasteiger partial charge in [-0.3, -0.25) is 4.55 Å². The summed E-state index contributed by atoms with van der Waals surface area (Å²) in [5.74, 6) is 0. The predicted molar refractivity (Wildman–Crippen MR) is 59.1 cm³/mol. The molecule has 0 radical (unpaired) electrons. The minimum atomic E-state index is -4.02. The van der Waals surface area contributed by atoms with Crippen LogP contribution in [0.3, 0.4) is 0 Å². The molecule has 6 heteroatoms. The minimum Gasteiger partial charge on any atom is -0.400 e. The summed E-state index contributed by atoms with van der Waals surface area (Å²) in [5.41, 5.74) is 0.956. The van der Waals surface area contributed by atoms with Crippen molar-refractivity contribution in [3.63, 3.8) is 0 Å². The largest absolute Gasteiger partial charge is 0.400 e. The van der Waals surface area contributed by atoms with Crippen LogP contribution < -0.4 is 0 Å². The van der Waals surface area contributed by atoms with Gasteiger partial charge in [-0.25, -0.2) is 0 Å². The van der Waals surface area contributed by atoms with Crippen LogP contribution in [0.15, 0.2) is 29.2 Å². The van der Waals surface area contributed by atoms with Crippen LogP contribution >= 0.6 is 0 Å². The van der Waals surface area contributed by atoms with Crippen LogP contribution in [0.25, 0.3) is 0 Å². The average molecular weight is 234 g/mol. The van der Waals surface area contributed by atoms with E-state index in [4.69, 9.17) is 9.66 Å². The first-order valence-electron chi connectivity index (χ1n) is 3.49. The number of hydrogen-bond donors (Lipinski definition) is 2. The number of aliphatic hydroxyl groups excluding tert-OH is 1. The molecule has 0 saturated heterocycles. The third-order valence-electron chi connectivity index (χ3n) is 1.32. The van der Waals surface area contributed by atoms with E-state index in [9.17, 15) is 8.42 Å². The van der Waals surface area contributed by atoms with Crippen LogP contribution in [0.5, 0.6) is 0 Å². The summed E-state index contributed by atoms with van der Waals surface area (Å²) in [6.45, 7) is 1.84. The van der Waals surface area contributed by atoms with Gasteiger partial charge in [0.15, 0.2) is 17.4 Å². The van der Waals surface area contributed by atoms with Crippen molar-refractivity contribution in [2.24, 2.45) is 0 Å². The van der Waals surface area contributed by atoms with Gasteiger partial charge in [0, 0.05) is 7.11 Å². The summed E-state index contributed by atoms with van der Waals surface area (Å²) >= 11 is 0. The summed E-state index contributed by atoms with van der Waals surface area (Å²) in [4.78, 5) is -0.0666. The molecule has 1 aromatic rings. The van der Waals surface area contributed by atoms with Gasteiger partial charge >= 0.3 is 0 Å². The summed E-state index contributed by atoms with van der Waals surface area (Å²) in [5, 5.41) is 7.00. The molecule has 0 aliphatic carbocycles. The highest BCUT2D eigenvalue weighted by Crippen LogP contribution is 2.08. The van der Waals surface area contributed by atoms with Gasteiger partial charge in [-0.05, 0) is 19.1 Å². The lowest BCUT2D eigenvalue weighted by molar-refractivity contribution is 0.399. The Hall–Kier alpha value is -0.378. The van der Waals surface area contributed by atoms with Crippen molar-refractivity contribution < 1.29 is 18.1 Å². The molecule has 0 atom stereocenters. The van der Waals surface area contributed by atoms with Crippen LogP contribution in [-0.4, -0.2) is 42.5 Å². The molecule has 0 heterocycles. The van der Waals surface area contributed by atoms with Crippen molar-refractivity contribution in [1.82, 2.24) is 0 Å². The maximum atomic E-state index is 10.5. The molecule has 14 heavy (non-hydrogen) atoms. The van der Waals surface area contributed by atoms with Gasteiger partial charge in [0.25, 0.3) is 10.1 Å². The van der Waals surface area contributed by atoms with E-state index in [1.807, 2.05) is 6.92 Å². The fourth-order valence-corrected chi connectivity index (χ4v) is 1.19. The quantitative estimate of drug-likeness (QED) is 0.515. The van der Waals surface area contributed by atoms with Crippen LogP contribution in [0, 0.1) is 6.92 Å². The molecule has 0 amide bonds. The van der Waals surface area contributed by atoms with E-state index in [0.29, 0.717) is 0 Å². The van der Waals surface area contributed by atoms with E-state index < -0.39 is 10.1 Å². The molecule has 0 saturated carbocycles. The Balaban J connectivity index is 0. The highest BCUT2D eigenvalue weighted by Gasteiger charge is 2.06. The van der Waals surface area contributed by atoms with Crippen molar-refractivity contribution in [3.05, 3.63) is 29.8 Å². The first-order chi connectivity index (χ1) is 6.00. The van der Waals surface area contributed by atoms with E-state index in [-0.39, 0.29) is 22.3 Å². The zero-order valence-corrected chi connectivity index (χ0v) is 8.25. The lowest BCUT2D eigenvalue weighted by Crippen LogP contribution is -1.96. The molecule has 0 aliphatic heterocycles. The normalized spacial score (nSPS) is 9.43. The first-order valence-corrected chi connectivity index (χ1v) is 4.93. The second-order valence-corrected chi connectivity index (χ2v) is 3.71. The summed E-state index contributed by atoms with van der Waals surface area (Å²) in [6, 6.07) is 5.99. The molecule has 80 valence electrons. The van der Waals surface area contributed by atoms with E-state index in [2.05, 4.69) is 0 Å². The van der Waals surface area contributed by atoms with Gasteiger partial charge in [-0.1, -0.05) is 17.7 Å². The number of hydrogen-bond acceptors (Lipinski definition) is 3. The molecular formula is C8H15AlO4S. The second kappa shape index (κ2) is 6.99. The number of aliphatic hydroxyl groups is 1. The van der Waals surface area contributed by atoms with Crippen LogP contribution in [0.4, 0.5) is 0 Å². The van der Waals surface area contributed by atoms with Crippen molar-refractivity contribution in [3.8, 4) is 0 Å². The number of rotatable bonds is 1. The first kappa shape index (κ1) is 16.1. The number of aryl methyl sites for hydroxylation is 1. The zero-order valence-electron chi connectivity index (χ0n) is 7.43. The maximum absolute atomic E-state index is 10.5. The monoisotopic (exact) mass is 234 g/mol. The fourth-order valence-electron chi connectivity index (χ4n) is 0.710. The fraction of sp³-hybridized carbons (Fsp3) is 0.250. The summed E-state index contributed by atoms with van der Waals surface area (Å²) in [6.07, 6.45) is 0. The van der Waals surface area contributed by atoms with Crippen LogP contribution in [-0.2, 0) is 10.1 Å². The summed E-state index contributed by atoms with van der Waals surface area (Å²) in [7, 11) is -3.02. The van der Waals surface area contributed by atoms with Gasteiger partial charge in [-0.15, -0.1) is 0 Å². The van der Waals surface area contributed by atoms with Crippen molar-refractivity contribution in [2.45, 2.75) is 11.8 Å². The molecule has 2 N–H and O–H groups in total. The SMILES string of the molecule is CO.Cc1ccc(S(=O)(=O)O)cc1.[AlH3]. The molecule has 1 rings (SSSR count). The van der Waals surface area contributed by atoms with Crippen molar-refractivity contribution in [1.29, 1.82) is 0 Å². The molecule has 0 bridgehead atoms. The Morgan fingerprint density at radius 1 is 1.07 bits per heavy atom. The van der Waals surface area contributed by atoms with Crippen molar-refractivity contribution in [2.75, 3.05) is 7.11 Å². The topological polar surface area (TPSA) is 74.6 Å². The molecule has 0 unspecified atom stereocenters. The van der Waals surface area contributed by atoms with Crippen LogP contribution in [0.2, 0.25) is 0 Å². The molecule has 0 aliphatic rings. The molecule has 0 fully saturated rings. The smallest absolute Gasteiger partial charge is 0.294 e. The van der Waals surface area contributed by atoms with Gasteiger partial charge in [0.1, 0.15) is 0 Å². The molecule has 4 nitrogen and oxygen atoms in total. The Kier molecular flexibility index (Phi) is 8.02. The summed E-state index contributed by atoms with van der Waals surface area (Å²) < 4.78 is 29.6. The minimum absolute atomic E-state index is 0. The third-order valence-corrected chi connectivity index (χ3v) is 2.19. The van der Waals surface area contributed by atoms with Gasteiger partial charge in [0.05, 0.1) is 4.90 Å². The molecular weight excluding hydrogens is 219 g/mol. The van der Waals surface area contributed by atoms with E-state index in [1.165, 1.54) is 12.1 Å². The molecule has 0 aromatic heterocycles. The standard InChI is InChI=1S/C7H8O3S.CH4O.Al.3H/c1-6-2-4-7(5-3-6)11(8,9)10;1-2;;;;/h2-5H,1H3,(H,8,9,10);2H,1H3;;;;. The zero-order chi connectivity index (χ0) is 10.5. The van der Waals surface area contributed by atoms with Gasteiger partial charge < -0.3 is 5.11 Å². The Morgan fingerprint density at radius 2 is 1.43 bits per heavy atom. The Bertz CT molecular complexity index is 344. The van der Waals surface area contributed by atoms with Gasteiger partial charge in [0.2, 0.25) is 0 Å². The third kappa shape index (κ3) is 5.37. The van der Waals surface area contributed by atoms with Crippen LogP contribution in [0.1, 0.15) is 5.56 Å². The lowest BCUT2D eigenvalue weighted by Gasteiger charge is -1.95. The van der Waals surface area contributed by atoms with E-state index >= 15 is 0 Å². The van der Waals surface area contributed by atoms with Crippen molar-refractivity contribution >= 4 is 27.5 Å². The Morgan fingerprint density at radius 3 is 1.71 bits per heavy atom. The highest BCUT2D eigenvalue weighted by atomic mass is 32.2. The average Bonchev–Trinajstić information content (AvgIpc) is 2.07. The second-order valence-electron chi connectivity index (χ2n) is 2.29. The maximum Gasteiger partial charge on any atom is 0.294 e. The number of benzene rings is 1. The Labute approximate surface area is 94.5 Å². The predicted octanol–water partition coefficient (Wildman–Crippen LogP) is -0.334.